The number of likely N-dealkylation sites (tertiary alicyclic amines) is 1. The first kappa shape index (κ1) is 12.0. The number of nitrogens with zero attached hydrogens (tertiary/aromatic N) is 2. The van der Waals surface area contributed by atoms with Gasteiger partial charge in [0.05, 0.1) is 6.07 Å². The average molecular weight is 208 g/mol. The third kappa shape index (κ3) is 3.54. The molecule has 0 aromatic rings. The summed E-state index contributed by atoms with van der Waals surface area (Å²) in [6.45, 7) is 7.16. The van der Waals surface area contributed by atoms with Gasteiger partial charge in [-0.1, -0.05) is 20.8 Å². The maximum absolute atomic E-state index is 11.8. The third-order valence-corrected chi connectivity index (χ3v) is 2.81. The van der Waals surface area contributed by atoms with Crippen LogP contribution in [0.3, 0.4) is 0 Å². The van der Waals surface area contributed by atoms with Crippen LogP contribution in [0.5, 0.6) is 0 Å². The SMILES string of the molecule is CC(C)(C)CCC(=O)N1CCCC1C#N. The number of nitriles is 1. The number of rotatable bonds is 2. The van der Waals surface area contributed by atoms with Crippen LogP contribution in [0.4, 0.5) is 0 Å². The number of hydrogen-bond acceptors (Lipinski definition) is 2. The Morgan fingerprint density at radius 1 is 1.53 bits per heavy atom. The Morgan fingerprint density at radius 2 is 2.20 bits per heavy atom. The van der Waals surface area contributed by atoms with E-state index >= 15 is 0 Å². The van der Waals surface area contributed by atoms with Crippen molar-refractivity contribution in [2.24, 2.45) is 5.41 Å². The van der Waals surface area contributed by atoms with Crippen molar-refractivity contribution in [3.63, 3.8) is 0 Å². The molecule has 1 atom stereocenters. The number of carbonyl (C=O) groups excluding carboxylic acids is 1. The van der Waals surface area contributed by atoms with Gasteiger partial charge in [0.15, 0.2) is 0 Å². The second kappa shape index (κ2) is 4.65. The van der Waals surface area contributed by atoms with Crippen LogP contribution < -0.4 is 0 Å². The standard InChI is InChI=1S/C12H20N2O/c1-12(2,3)7-6-11(15)14-8-4-5-10(14)9-13/h10H,4-8H2,1-3H3. The molecule has 15 heavy (non-hydrogen) atoms. The van der Waals surface area contributed by atoms with E-state index in [0.717, 1.165) is 25.8 Å². The van der Waals surface area contributed by atoms with E-state index in [-0.39, 0.29) is 17.4 Å². The Hall–Kier alpha value is -1.04. The molecule has 1 amide bonds. The zero-order valence-corrected chi connectivity index (χ0v) is 9.92. The van der Waals surface area contributed by atoms with Gasteiger partial charge in [-0.3, -0.25) is 4.79 Å². The molecule has 1 aliphatic heterocycles. The molecule has 0 N–H and O–H groups in total. The van der Waals surface area contributed by atoms with Gasteiger partial charge in [0.1, 0.15) is 6.04 Å². The van der Waals surface area contributed by atoms with Crippen molar-refractivity contribution in [2.75, 3.05) is 6.54 Å². The first-order valence-electron chi connectivity index (χ1n) is 5.63. The third-order valence-electron chi connectivity index (χ3n) is 2.81. The summed E-state index contributed by atoms with van der Waals surface area (Å²) in [5.41, 5.74) is 0.192. The highest BCUT2D eigenvalue weighted by Crippen LogP contribution is 2.23. The van der Waals surface area contributed by atoms with E-state index in [1.807, 2.05) is 0 Å². The first-order chi connectivity index (χ1) is 6.94. The van der Waals surface area contributed by atoms with Crippen molar-refractivity contribution in [2.45, 2.75) is 52.5 Å². The minimum atomic E-state index is -0.169. The van der Waals surface area contributed by atoms with Crippen LogP contribution in [0.2, 0.25) is 0 Å². The molecule has 3 heteroatoms. The van der Waals surface area contributed by atoms with Crippen LogP contribution in [-0.4, -0.2) is 23.4 Å². The van der Waals surface area contributed by atoms with Crippen molar-refractivity contribution in [3.05, 3.63) is 0 Å². The van der Waals surface area contributed by atoms with Gasteiger partial charge >= 0.3 is 0 Å². The highest BCUT2D eigenvalue weighted by atomic mass is 16.2. The molecule has 1 rings (SSSR count). The van der Waals surface area contributed by atoms with Crippen LogP contribution in [-0.2, 0) is 4.79 Å². The van der Waals surface area contributed by atoms with E-state index in [2.05, 4.69) is 26.8 Å². The molecule has 0 saturated carbocycles. The summed E-state index contributed by atoms with van der Waals surface area (Å²) in [7, 11) is 0. The van der Waals surface area contributed by atoms with Crippen molar-refractivity contribution >= 4 is 5.91 Å². The van der Waals surface area contributed by atoms with Gasteiger partial charge in [-0.2, -0.15) is 5.26 Å². The Balaban J connectivity index is 2.44. The van der Waals surface area contributed by atoms with Crippen LogP contribution in [0.1, 0.15) is 46.5 Å². The molecule has 0 aliphatic carbocycles. The minimum absolute atomic E-state index is 0.147. The molecule has 0 radical (unpaired) electrons. The molecule has 3 nitrogen and oxygen atoms in total. The molecule has 1 aliphatic rings. The quantitative estimate of drug-likeness (QED) is 0.699. The molecule has 1 fully saturated rings. The van der Waals surface area contributed by atoms with E-state index in [0.29, 0.717) is 6.42 Å². The molecular weight excluding hydrogens is 188 g/mol. The second-order valence-electron chi connectivity index (χ2n) is 5.43. The first-order valence-corrected chi connectivity index (χ1v) is 5.63. The zero-order chi connectivity index (χ0) is 11.5. The van der Waals surface area contributed by atoms with Crippen LogP contribution in [0.15, 0.2) is 0 Å². The molecule has 1 heterocycles. The van der Waals surface area contributed by atoms with Gasteiger partial charge in [0, 0.05) is 13.0 Å². The smallest absolute Gasteiger partial charge is 0.223 e. The van der Waals surface area contributed by atoms with Gasteiger partial charge in [0.2, 0.25) is 5.91 Å². The molecule has 1 unspecified atom stereocenters. The molecule has 0 aromatic carbocycles. The fourth-order valence-corrected chi connectivity index (χ4v) is 1.82. The molecule has 0 bridgehead atoms. The fourth-order valence-electron chi connectivity index (χ4n) is 1.82. The van der Waals surface area contributed by atoms with Gasteiger partial charge < -0.3 is 4.90 Å². The summed E-state index contributed by atoms with van der Waals surface area (Å²) in [5, 5.41) is 8.87. The van der Waals surface area contributed by atoms with Crippen molar-refractivity contribution in [1.82, 2.24) is 4.90 Å². The molecule has 84 valence electrons. The van der Waals surface area contributed by atoms with Crippen molar-refractivity contribution in [1.29, 1.82) is 5.26 Å². The van der Waals surface area contributed by atoms with Crippen molar-refractivity contribution < 1.29 is 4.79 Å². The Bertz CT molecular complexity index is 272. The minimum Gasteiger partial charge on any atom is -0.327 e. The highest BCUT2D eigenvalue weighted by Gasteiger charge is 2.28. The monoisotopic (exact) mass is 208 g/mol. The fraction of sp³-hybridized carbons (Fsp3) is 0.833. The van der Waals surface area contributed by atoms with Gasteiger partial charge in [-0.25, -0.2) is 0 Å². The average Bonchev–Trinajstić information content (AvgIpc) is 2.60. The Kier molecular flexibility index (Phi) is 3.73. The van der Waals surface area contributed by atoms with E-state index in [4.69, 9.17) is 5.26 Å². The Labute approximate surface area is 92.1 Å². The van der Waals surface area contributed by atoms with Crippen LogP contribution >= 0.6 is 0 Å². The molecule has 1 saturated heterocycles. The number of amides is 1. The van der Waals surface area contributed by atoms with Crippen LogP contribution in [0.25, 0.3) is 0 Å². The van der Waals surface area contributed by atoms with Gasteiger partial charge in [0.25, 0.3) is 0 Å². The lowest BCUT2D eigenvalue weighted by Crippen LogP contribution is -2.34. The lowest BCUT2D eigenvalue weighted by molar-refractivity contribution is -0.131. The summed E-state index contributed by atoms with van der Waals surface area (Å²) < 4.78 is 0. The van der Waals surface area contributed by atoms with E-state index in [9.17, 15) is 4.79 Å². The van der Waals surface area contributed by atoms with Gasteiger partial charge in [-0.15, -0.1) is 0 Å². The topological polar surface area (TPSA) is 44.1 Å². The summed E-state index contributed by atoms with van der Waals surface area (Å²) in [6, 6.07) is 2.03. The highest BCUT2D eigenvalue weighted by molar-refractivity contribution is 5.77. The normalized spacial score (nSPS) is 21.5. The lowest BCUT2D eigenvalue weighted by Gasteiger charge is -2.22. The molecular formula is C12H20N2O. The maximum atomic E-state index is 11.8. The lowest BCUT2D eigenvalue weighted by atomic mass is 9.90. The summed E-state index contributed by atoms with van der Waals surface area (Å²) in [4.78, 5) is 13.6. The van der Waals surface area contributed by atoms with E-state index in [1.165, 1.54) is 0 Å². The van der Waals surface area contributed by atoms with Gasteiger partial charge in [-0.05, 0) is 24.7 Å². The summed E-state index contributed by atoms with van der Waals surface area (Å²) in [6.07, 6.45) is 3.28. The zero-order valence-electron chi connectivity index (χ0n) is 9.92. The summed E-state index contributed by atoms with van der Waals surface area (Å²) in [5.74, 6) is 0.147. The van der Waals surface area contributed by atoms with Crippen molar-refractivity contribution in [3.8, 4) is 6.07 Å². The summed E-state index contributed by atoms with van der Waals surface area (Å²) >= 11 is 0. The molecule has 0 aromatic heterocycles. The number of carbonyl (C=O) groups is 1. The second-order valence-corrected chi connectivity index (χ2v) is 5.43. The largest absolute Gasteiger partial charge is 0.327 e. The molecule has 0 spiro atoms. The maximum Gasteiger partial charge on any atom is 0.223 e. The predicted molar refractivity (Wildman–Crippen MR) is 59.0 cm³/mol. The van der Waals surface area contributed by atoms with E-state index in [1.54, 1.807) is 4.90 Å². The van der Waals surface area contributed by atoms with Crippen LogP contribution in [0, 0.1) is 16.7 Å². The predicted octanol–water partition coefficient (Wildman–Crippen LogP) is 2.33. The number of hydrogen-bond donors (Lipinski definition) is 0. The Morgan fingerprint density at radius 3 is 2.73 bits per heavy atom. The van der Waals surface area contributed by atoms with E-state index < -0.39 is 0 Å².